The first kappa shape index (κ1) is 37.8. The number of amides is 2. The molecule has 52 heavy (non-hydrogen) atoms. The van der Waals surface area contributed by atoms with Gasteiger partial charge in [-0.05, 0) is 119 Å². The van der Waals surface area contributed by atoms with Gasteiger partial charge in [0.25, 0.3) is 0 Å². The summed E-state index contributed by atoms with van der Waals surface area (Å²) in [4.78, 5) is 27.6. The maximum atomic E-state index is 12.8. The quantitative estimate of drug-likeness (QED) is 0.154. The molecule has 7 rings (SSSR count). The number of aryl methyl sites for hydroxylation is 1. The van der Waals surface area contributed by atoms with Gasteiger partial charge in [-0.3, -0.25) is 14.5 Å². The standard InChI is InChI=1S/C45H67N3O4/c1-30-25-40-43(48(29-30)24-23-47-41(50)13-9-6-10-22-46-42(51)17-14-33-11-7-5-8-12-33)32(3)45(52-40)21-19-36-37-16-15-34-26-35(49)18-20-44(34,4)39(37)27-38(36)31(2)28-45/h5,7-8,11-12,26,30,32,35-37,39-40,43,49H,6,9-10,13-25,27-29H2,1-4H3,(H,46,51)(H,47,50)/t30-,32+,35-,36-,37-,39-,40+,43-,44-,45?/m0/s1. The number of rotatable bonds is 12. The minimum Gasteiger partial charge on any atom is -0.389 e. The molecular formula is C45H67N3O4. The number of nitrogens with zero attached hydrogens (tertiary/aromatic N) is 1. The summed E-state index contributed by atoms with van der Waals surface area (Å²) in [6, 6.07) is 10.5. The summed E-state index contributed by atoms with van der Waals surface area (Å²) in [5.74, 6) is 3.48. The number of carbonyl (C=O) groups is 2. The lowest BCUT2D eigenvalue weighted by Gasteiger charge is -2.49. The number of allylic oxidation sites excluding steroid dienone is 2. The van der Waals surface area contributed by atoms with Crippen LogP contribution >= 0.6 is 0 Å². The Morgan fingerprint density at radius 3 is 2.60 bits per heavy atom. The van der Waals surface area contributed by atoms with Gasteiger partial charge in [-0.25, -0.2) is 0 Å². The van der Waals surface area contributed by atoms with E-state index >= 15 is 0 Å². The smallest absolute Gasteiger partial charge is 0.220 e. The third-order valence-corrected chi connectivity index (χ3v) is 14.9. The summed E-state index contributed by atoms with van der Waals surface area (Å²) < 4.78 is 7.31. The Hall–Kier alpha value is -2.48. The molecule has 7 heteroatoms. The zero-order chi connectivity index (χ0) is 36.5. The number of hydrogen-bond donors (Lipinski definition) is 3. The number of nitrogens with one attached hydrogen (secondary N) is 2. The average Bonchev–Trinajstić information content (AvgIpc) is 3.59. The average molecular weight is 714 g/mol. The summed E-state index contributed by atoms with van der Waals surface area (Å²) in [6.45, 7) is 13.1. The van der Waals surface area contributed by atoms with Crippen LogP contribution in [0.4, 0.5) is 0 Å². The SMILES string of the molecule is CC1=C2C[C@H]3[C@@H](CCC4=C[C@@H](O)CC[C@@]43C)[C@@H]2CCC2(C1)O[C@@H]1C[C@H](C)CN(CCNC(=O)CCCCCNC(=O)CCc3ccccc3)[C@H]1[C@H]2C. The van der Waals surface area contributed by atoms with Crippen molar-refractivity contribution in [2.24, 2.45) is 35.0 Å². The van der Waals surface area contributed by atoms with Crippen molar-refractivity contribution in [2.75, 3.05) is 26.2 Å². The van der Waals surface area contributed by atoms with Crippen LogP contribution in [0, 0.1) is 35.0 Å². The van der Waals surface area contributed by atoms with Crippen LogP contribution in [0.15, 0.2) is 53.1 Å². The monoisotopic (exact) mass is 714 g/mol. The number of aliphatic hydroxyl groups excluding tert-OH is 1. The molecule has 1 aromatic rings. The number of carbonyl (C=O) groups excluding carboxylic acids is 2. The molecular weight excluding hydrogens is 647 g/mol. The van der Waals surface area contributed by atoms with Gasteiger partial charge >= 0.3 is 0 Å². The molecule has 0 bridgehead atoms. The number of piperidine rings is 1. The number of unbranched alkanes of at least 4 members (excludes halogenated alkanes) is 2. The van der Waals surface area contributed by atoms with E-state index in [1.54, 1.807) is 16.7 Å². The van der Waals surface area contributed by atoms with E-state index in [4.69, 9.17) is 4.74 Å². The van der Waals surface area contributed by atoms with Crippen molar-refractivity contribution in [2.45, 2.75) is 148 Å². The highest BCUT2D eigenvalue weighted by atomic mass is 16.5. The van der Waals surface area contributed by atoms with Crippen molar-refractivity contribution in [3.63, 3.8) is 0 Å². The molecule has 4 fully saturated rings. The molecule has 1 aromatic carbocycles. The van der Waals surface area contributed by atoms with Gasteiger partial charge in [0.2, 0.25) is 11.8 Å². The minimum atomic E-state index is -0.242. The normalized spacial score (nSPS) is 37.1. The van der Waals surface area contributed by atoms with Crippen molar-refractivity contribution >= 4 is 11.8 Å². The predicted molar refractivity (Wildman–Crippen MR) is 207 cm³/mol. The van der Waals surface area contributed by atoms with Crippen LogP contribution in [0.5, 0.6) is 0 Å². The van der Waals surface area contributed by atoms with E-state index in [-0.39, 0.29) is 35.0 Å². The number of likely N-dealkylation sites (tertiary alicyclic amines) is 1. The highest BCUT2D eigenvalue weighted by Gasteiger charge is 2.59. The third-order valence-electron chi connectivity index (χ3n) is 14.9. The van der Waals surface area contributed by atoms with Gasteiger partial charge in [-0.15, -0.1) is 0 Å². The van der Waals surface area contributed by atoms with Gasteiger partial charge in [0.15, 0.2) is 0 Å². The molecule has 3 N–H and O–H groups in total. The number of benzene rings is 1. The van der Waals surface area contributed by atoms with Gasteiger partial charge in [-0.2, -0.15) is 0 Å². The third kappa shape index (κ3) is 7.84. The van der Waals surface area contributed by atoms with E-state index in [1.807, 2.05) is 18.2 Å². The topological polar surface area (TPSA) is 90.9 Å². The maximum absolute atomic E-state index is 12.8. The Labute approximate surface area is 313 Å². The van der Waals surface area contributed by atoms with Crippen molar-refractivity contribution in [1.29, 1.82) is 0 Å². The predicted octanol–water partition coefficient (Wildman–Crippen LogP) is 7.53. The molecule has 0 aromatic heterocycles. The lowest BCUT2D eigenvalue weighted by molar-refractivity contribution is -0.122. The Morgan fingerprint density at radius 1 is 0.981 bits per heavy atom. The highest BCUT2D eigenvalue weighted by molar-refractivity contribution is 5.76. The molecule has 2 saturated heterocycles. The van der Waals surface area contributed by atoms with E-state index in [9.17, 15) is 14.7 Å². The van der Waals surface area contributed by atoms with Crippen molar-refractivity contribution in [3.05, 3.63) is 58.7 Å². The van der Waals surface area contributed by atoms with Crippen molar-refractivity contribution < 1.29 is 19.4 Å². The Balaban J connectivity index is 0.869. The summed E-state index contributed by atoms with van der Waals surface area (Å²) in [6.07, 6.45) is 17.1. The zero-order valence-electron chi connectivity index (χ0n) is 32.6. The first-order valence-electron chi connectivity index (χ1n) is 21.1. The summed E-state index contributed by atoms with van der Waals surface area (Å²) in [5, 5.41) is 16.7. The van der Waals surface area contributed by atoms with Crippen LogP contribution < -0.4 is 10.6 Å². The Kier molecular flexibility index (Phi) is 11.7. The second-order valence-corrected chi connectivity index (χ2v) is 18.2. The van der Waals surface area contributed by atoms with Gasteiger partial charge < -0.3 is 20.5 Å². The fraction of sp³-hybridized carbons (Fsp3) is 0.733. The van der Waals surface area contributed by atoms with E-state index < -0.39 is 0 Å². The van der Waals surface area contributed by atoms with Crippen LogP contribution in [-0.4, -0.2) is 71.9 Å². The molecule has 2 heterocycles. The van der Waals surface area contributed by atoms with E-state index in [2.05, 4.69) is 61.4 Å². The molecule has 0 radical (unpaired) electrons. The van der Waals surface area contributed by atoms with Gasteiger partial charge in [-0.1, -0.05) is 80.3 Å². The summed E-state index contributed by atoms with van der Waals surface area (Å²) in [7, 11) is 0. The number of ether oxygens (including phenoxy) is 1. The Morgan fingerprint density at radius 2 is 1.77 bits per heavy atom. The molecule has 2 amide bonds. The van der Waals surface area contributed by atoms with Crippen LogP contribution in [-0.2, 0) is 20.7 Å². The molecule has 1 spiro atoms. The molecule has 2 aliphatic heterocycles. The lowest BCUT2D eigenvalue weighted by atomic mass is 9.56. The molecule has 10 atom stereocenters. The number of aliphatic hydroxyl groups is 1. The molecule has 7 nitrogen and oxygen atoms in total. The highest BCUT2D eigenvalue weighted by Crippen LogP contribution is 2.64. The summed E-state index contributed by atoms with van der Waals surface area (Å²) in [5.41, 5.74) is 6.30. The van der Waals surface area contributed by atoms with Crippen LogP contribution in [0.2, 0.25) is 0 Å². The van der Waals surface area contributed by atoms with Gasteiger partial charge in [0.1, 0.15) is 0 Å². The fourth-order valence-corrected chi connectivity index (χ4v) is 12.1. The first-order chi connectivity index (χ1) is 25.1. The van der Waals surface area contributed by atoms with Gasteiger partial charge in [0, 0.05) is 51.0 Å². The Bertz CT molecular complexity index is 1490. The first-order valence-corrected chi connectivity index (χ1v) is 21.1. The lowest BCUT2D eigenvalue weighted by Crippen LogP contribution is -2.53. The molecule has 6 aliphatic rings. The molecule has 2 saturated carbocycles. The van der Waals surface area contributed by atoms with Crippen LogP contribution in [0.1, 0.15) is 123 Å². The van der Waals surface area contributed by atoms with Crippen LogP contribution in [0.25, 0.3) is 0 Å². The van der Waals surface area contributed by atoms with E-state index in [0.29, 0.717) is 49.7 Å². The second-order valence-electron chi connectivity index (χ2n) is 18.2. The minimum absolute atomic E-state index is 0.0856. The van der Waals surface area contributed by atoms with Crippen molar-refractivity contribution in [1.82, 2.24) is 15.5 Å². The number of fused-ring (bicyclic) bond motifs is 6. The van der Waals surface area contributed by atoms with E-state index in [1.165, 1.54) is 31.2 Å². The van der Waals surface area contributed by atoms with Crippen molar-refractivity contribution in [3.8, 4) is 0 Å². The largest absolute Gasteiger partial charge is 0.389 e. The van der Waals surface area contributed by atoms with Crippen LogP contribution in [0.3, 0.4) is 0 Å². The fourth-order valence-electron chi connectivity index (χ4n) is 12.1. The van der Waals surface area contributed by atoms with Gasteiger partial charge in [0.05, 0.1) is 17.8 Å². The van der Waals surface area contributed by atoms with E-state index in [0.717, 1.165) is 82.7 Å². The maximum Gasteiger partial charge on any atom is 0.220 e. The number of hydrogen-bond acceptors (Lipinski definition) is 5. The zero-order valence-corrected chi connectivity index (χ0v) is 32.6. The molecule has 4 aliphatic carbocycles. The second kappa shape index (κ2) is 16.1. The summed E-state index contributed by atoms with van der Waals surface area (Å²) >= 11 is 0. The molecule has 286 valence electrons. The molecule has 1 unspecified atom stereocenters.